The van der Waals surface area contributed by atoms with Crippen LogP contribution in [0.2, 0.25) is 5.02 Å². The Labute approximate surface area is 118 Å². The zero-order valence-electron chi connectivity index (χ0n) is 9.59. The molecule has 18 heavy (non-hydrogen) atoms. The molecule has 2 heterocycles. The number of halogens is 3. The van der Waals surface area contributed by atoms with E-state index in [1.165, 1.54) is 6.07 Å². The van der Waals surface area contributed by atoms with Crippen LogP contribution in [0.3, 0.4) is 0 Å². The predicted molar refractivity (Wildman–Crippen MR) is 73.3 cm³/mol. The third kappa shape index (κ3) is 1.97. The lowest BCUT2D eigenvalue weighted by Crippen LogP contribution is -2.10. The molecular weight excluding hydrogens is 319 g/mol. The van der Waals surface area contributed by atoms with Gasteiger partial charge in [-0.25, -0.2) is 9.37 Å². The summed E-state index contributed by atoms with van der Waals surface area (Å²) in [5.74, 6) is -0.279. The van der Waals surface area contributed by atoms with E-state index >= 15 is 0 Å². The van der Waals surface area contributed by atoms with Gasteiger partial charge in [-0.15, -0.1) is 0 Å². The molecule has 0 saturated carbocycles. The first kappa shape index (κ1) is 12.2. The number of hydrogen-bond acceptors (Lipinski definition) is 1. The smallest absolute Gasteiger partial charge is 0.177 e. The van der Waals surface area contributed by atoms with E-state index in [4.69, 9.17) is 11.6 Å². The molecule has 0 unspecified atom stereocenters. The van der Waals surface area contributed by atoms with Gasteiger partial charge in [0.05, 0.1) is 5.69 Å². The van der Waals surface area contributed by atoms with Crippen LogP contribution in [-0.4, -0.2) is 9.55 Å². The van der Waals surface area contributed by atoms with Gasteiger partial charge in [-0.1, -0.05) is 11.6 Å². The average Bonchev–Trinajstić information content (AvgIpc) is 2.71. The first-order valence-corrected chi connectivity index (χ1v) is 7.04. The summed E-state index contributed by atoms with van der Waals surface area (Å²) in [7, 11) is 0. The van der Waals surface area contributed by atoms with Crippen molar-refractivity contribution < 1.29 is 4.39 Å². The third-order valence-corrected chi connectivity index (χ3v) is 4.10. The maximum absolute atomic E-state index is 13.9. The number of nitrogens with zero attached hydrogens (tertiary/aromatic N) is 2. The van der Waals surface area contributed by atoms with E-state index in [0.717, 1.165) is 36.2 Å². The van der Waals surface area contributed by atoms with Crippen molar-refractivity contribution >= 4 is 27.5 Å². The molecule has 0 spiro atoms. The Morgan fingerprint density at radius 3 is 3.00 bits per heavy atom. The summed E-state index contributed by atoms with van der Waals surface area (Å²) in [5.41, 5.74) is 2.29. The zero-order chi connectivity index (χ0) is 12.7. The second-order valence-corrected chi connectivity index (χ2v) is 5.55. The molecule has 94 valence electrons. The van der Waals surface area contributed by atoms with E-state index < -0.39 is 0 Å². The summed E-state index contributed by atoms with van der Waals surface area (Å²) in [5, 5.41) is 0.528. The topological polar surface area (TPSA) is 17.8 Å². The summed E-state index contributed by atoms with van der Waals surface area (Å²) in [4.78, 5) is 4.45. The van der Waals surface area contributed by atoms with Crippen molar-refractivity contribution in [1.29, 1.82) is 0 Å². The quantitative estimate of drug-likeness (QED) is 0.756. The molecule has 1 aliphatic rings. The lowest BCUT2D eigenvalue weighted by molar-refractivity contribution is 0.525. The maximum atomic E-state index is 13.9. The van der Waals surface area contributed by atoms with Crippen LogP contribution in [0.5, 0.6) is 0 Å². The number of imidazole rings is 1. The van der Waals surface area contributed by atoms with Crippen LogP contribution in [0.4, 0.5) is 4.39 Å². The van der Waals surface area contributed by atoms with Crippen LogP contribution in [-0.2, 0) is 13.0 Å². The normalized spacial score (nSPS) is 14.6. The Balaban J connectivity index is 2.20. The Morgan fingerprint density at radius 2 is 2.17 bits per heavy atom. The molecule has 5 heteroatoms. The molecule has 0 amide bonds. The van der Waals surface area contributed by atoms with Gasteiger partial charge in [-0.05, 0) is 53.4 Å². The summed E-state index contributed by atoms with van der Waals surface area (Å²) in [6.07, 6.45) is 3.19. The fraction of sp³-hybridized carbons (Fsp3) is 0.308. The third-order valence-electron chi connectivity index (χ3n) is 3.25. The Hall–Kier alpha value is -0.870. The number of rotatable bonds is 1. The molecule has 0 atom stereocenters. The van der Waals surface area contributed by atoms with Gasteiger partial charge in [0.1, 0.15) is 5.82 Å². The fourth-order valence-electron chi connectivity index (χ4n) is 2.39. The highest BCUT2D eigenvalue weighted by molar-refractivity contribution is 9.10. The van der Waals surface area contributed by atoms with Crippen molar-refractivity contribution in [2.75, 3.05) is 0 Å². The van der Waals surface area contributed by atoms with Crippen LogP contribution in [0.25, 0.3) is 11.3 Å². The highest BCUT2D eigenvalue weighted by atomic mass is 79.9. The first-order valence-electron chi connectivity index (χ1n) is 5.87. The van der Waals surface area contributed by atoms with Crippen LogP contribution >= 0.6 is 27.5 Å². The molecule has 0 saturated heterocycles. The standard InChI is InChI=1S/C13H11BrClFN2/c14-13-17-12(11-3-1-2-6-18(11)13)9-7-8(15)4-5-10(9)16/h4-5,7H,1-3,6H2. The summed E-state index contributed by atoms with van der Waals surface area (Å²) in [6.45, 7) is 0.936. The molecule has 2 nitrogen and oxygen atoms in total. The van der Waals surface area contributed by atoms with E-state index in [1.54, 1.807) is 12.1 Å². The Bertz CT molecular complexity index is 609. The van der Waals surface area contributed by atoms with Crippen molar-refractivity contribution in [3.8, 4) is 11.3 Å². The van der Waals surface area contributed by atoms with E-state index in [0.29, 0.717) is 16.3 Å². The molecule has 0 fully saturated rings. The summed E-state index contributed by atoms with van der Waals surface area (Å²) >= 11 is 9.38. The maximum Gasteiger partial charge on any atom is 0.177 e. The minimum Gasteiger partial charge on any atom is -0.322 e. The van der Waals surface area contributed by atoms with Crippen LogP contribution in [0.15, 0.2) is 22.9 Å². The SMILES string of the molecule is Fc1ccc(Cl)cc1-c1nc(Br)n2c1CCCC2. The van der Waals surface area contributed by atoms with Crippen molar-refractivity contribution in [3.63, 3.8) is 0 Å². The van der Waals surface area contributed by atoms with E-state index in [-0.39, 0.29) is 5.82 Å². The fourth-order valence-corrected chi connectivity index (χ4v) is 3.13. The lowest BCUT2D eigenvalue weighted by Gasteiger charge is -2.16. The molecule has 0 N–H and O–H groups in total. The predicted octanol–water partition coefficient (Wildman–Crippen LogP) is 4.44. The highest BCUT2D eigenvalue weighted by Gasteiger charge is 2.21. The Kier molecular flexibility index (Phi) is 3.16. The Morgan fingerprint density at radius 1 is 1.33 bits per heavy atom. The molecule has 2 aromatic rings. The number of aromatic nitrogens is 2. The van der Waals surface area contributed by atoms with Gasteiger partial charge in [-0.3, -0.25) is 0 Å². The van der Waals surface area contributed by atoms with Crippen LogP contribution < -0.4 is 0 Å². The highest BCUT2D eigenvalue weighted by Crippen LogP contribution is 2.33. The van der Waals surface area contributed by atoms with E-state index in [2.05, 4.69) is 25.5 Å². The lowest BCUT2D eigenvalue weighted by atomic mass is 10.0. The summed E-state index contributed by atoms with van der Waals surface area (Å²) in [6, 6.07) is 4.58. The minimum atomic E-state index is -0.279. The molecule has 1 aliphatic heterocycles. The second-order valence-electron chi connectivity index (χ2n) is 4.41. The average molecular weight is 330 g/mol. The minimum absolute atomic E-state index is 0.279. The van der Waals surface area contributed by atoms with E-state index in [9.17, 15) is 4.39 Å². The monoisotopic (exact) mass is 328 g/mol. The van der Waals surface area contributed by atoms with Gasteiger partial charge in [0.25, 0.3) is 0 Å². The zero-order valence-corrected chi connectivity index (χ0v) is 11.9. The van der Waals surface area contributed by atoms with Gasteiger partial charge < -0.3 is 4.57 Å². The summed E-state index contributed by atoms with van der Waals surface area (Å²) < 4.78 is 16.8. The molecule has 0 aliphatic carbocycles. The molecule has 1 aromatic heterocycles. The van der Waals surface area contributed by atoms with Crippen LogP contribution in [0.1, 0.15) is 18.5 Å². The first-order chi connectivity index (χ1) is 8.66. The van der Waals surface area contributed by atoms with Gasteiger partial charge in [0.2, 0.25) is 0 Å². The van der Waals surface area contributed by atoms with Gasteiger partial charge >= 0.3 is 0 Å². The molecule has 1 aromatic carbocycles. The number of hydrogen-bond donors (Lipinski definition) is 0. The second kappa shape index (κ2) is 4.67. The van der Waals surface area contributed by atoms with Crippen molar-refractivity contribution in [2.45, 2.75) is 25.8 Å². The molecule has 0 radical (unpaired) electrons. The van der Waals surface area contributed by atoms with Gasteiger partial charge in [0, 0.05) is 22.8 Å². The van der Waals surface area contributed by atoms with Crippen molar-refractivity contribution in [3.05, 3.63) is 39.5 Å². The van der Waals surface area contributed by atoms with Gasteiger partial charge in [-0.2, -0.15) is 0 Å². The molecule has 0 bridgehead atoms. The van der Waals surface area contributed by atoms with Crippen molar-refractivity contribution in [1.82, 2.24) is 9.55 Å². The van der Waals surface area contributed by atoms with E-state index in [1.807, 2.05) is 0 Å². The van der Waals surface area contributed by atoms with Gasteiger partial charge in [0.15, 0.2) is 4.73 Å². The molecule has 3 rings (SSSR count). The number of fused-ring (bicyclic) bond motifs is 1. The molecular formula is C13H11BrClFN2. The largest absolute Gasteiger partial charge is 0.322 e. The number of benzene rings is 1. The van der Waals surface area contributed by atoms with Crippen molar-refractivity contribution in [2.24, 2.45) is 0 Å². The van der Waals surface area contributed by atoms with Crippen LogP contribution in [0, 0.1) is 5.82 Å².